The number of nitrogens with zero attached hydrogens (tertiary/aromatic N) is 1. The number of hydrogen-bond acceptors (Lipinski definition) is 2. The predicted molar refractivity (Wildman–Crippen MR) is 60.9 cm³/mol. The summed E-state index contributed by atoms with van der Waals surface area (Å²) in [6, 6.07) is 0.817. The van der Waals surface area contributed by atoms with Crippen molar-refractivity contribution in [3.63, 3.8) is 0 Å². The van der Waals surface area contributed by atoms with Gasteiger partial charge in [-0.25, -0.2) is 0 Å². The fourth-order valence-electron chi connectivity index (χ4n) is 2.20. The van der Waals surface area contributed by atoms with Gasteiger partial charge in [-0.2, -0.15) is 0 Å². The number of hydrogen-bond donors (Lipinski definition) is 1. The summed E-state index contributed by atoms with van der Waals surface area (Å²) >= 11 is 0. The Kier molecular flexibility index (Phi) is 4.58. The molecule has 1 aliphatic rings. The molecule has 0 saturated heterocycles. The molecule has 0 spiro atoms. The van der Waals surface area contributed by atoms with Crippen LogP contribution in [0.1, 0.15) is 46.5 Å². The average molecular weight is 213 g/mol. The van der Waals surface area contributed by atoms with E-state index in [4.69, 9.17) is 5.11 Å². The lowest BCUT2D eigenvalue weighted by molar-refractivity contribution is -0.138. The average Bonchev–Trinajstić information content (AvgIpc) is 1.97. The zero-order chi connectivity index (χ0) is 11.4. The number of aliphatic carboxylic acids is 1. The van der Waals surface area contributed by atoms with E-state index < -0.39 is 5.97 Å². The standard InChI is InChI=1S/C12H23NO2/c1-9(2)8-13(11-5-4-6-11)10(3)7-12(14)15/h9-11H,4-8H2,1-3H3,(H,14,15). The summed E-state index contributed by atoms with van der Waals surface area (Å²) in [4.78, 5) is 13.1. The Morgan fingerprint density at radius 2 is 2.00 bits per heavy atom. The molecule has 0 amide bonds. The molecule has 1 rings (SSSR count). The van der Waals surface area contributed by atoms with Crippen LogP contribution in [0.5, 0.6) is 0 Å². The molecule has 15 heavy (non-hydrogen) atoms. The summed E-state index contributed by atoms with van der Waals surface area (Å²) in [6.07, 6.45) is 4.07. The van der Waals surface area contributed by atoms with Crippen LogP contribution < -0.4 is 0 Å². The van der Waals surface area contributed by atoms with Gasteiger partial charge in [0.05, 0.1) is 6.42 Å². The molecule has 0 aliphatic heterocycles. The summed E-state index contributed by atoms with van der Waals surface area (Å²) in [6.45, 7) is 7.45. The van der Waals surface area contributed by atoms with E-state index in [1.807, 2.05) is 6.92 Å². The molecule has 1 atom stereocenters. The van der Waals surface area contributed by atoms with Crippen LogP contribution in [-0.2, 0) is 4.79 Å². The third-order valence-electron chi connectivity index (χ3n) is 3.16. The zero-order valence-electron chi connectivity index (χ0n) is 10.1. The van der Waals surface area contributed by atoms with Gasteiger partial charge in [0.2, 0.25) is 0 Å². The van der Waals surface area contributed by atoms with Gasteiger partial charge in [-0.3, -0.25) is 9.69 Å². The second-order valence-corrected chi connectivity index (χ2v) is 5.12. The van der Waals surface area contributed by atoms with Gasteiger partial charge in [0.1, 0.15) is 0 Å². The van der Waals surface area contributed by atoms with E-state index in [-0.39, 0.29) is 12.5 Å². The van der Waals surface area contributed by atoms with Crippen molar-refractivity contribution in [2.24, 2.45) is 5.92 Å². The lowest BCUT2D eigenvalue weighted by Gasteiger charge is -2.42. The van der Waals surface area contributed by atoms with E-state index in [0.29, 0.717) is 12.0 Å². The molecule has 0 radical (unpaired) electrons. The molecule has 3 heteroatoms. The first-order valence-corrected chi connectivity index (χ1v) is 5.98. The van der Waals surface area contributed by atoms with Crippen LogP contribution >= 0.6 is 0 Å². The van der Waals surface area contributed by atoms with Crippen molar-refractivity contribution in [3.8, 4) is 0 Å². The van der Waals surface area contributed by atoms with Gasteiger partial charge in [0.15, 0.2) is 0 Å². The summed E-state index contributed by atoms with van der Waals surface area (Å²) in [7, 11) is 0. The van der Waals surface area contributed by atoms with Gasteiger partial charge in [-0.05, 0) is 25.7 Å². The third-order valence-corrected chi connectivity index (χ3v) is 3.16. The van der Waals surface area contributed by atoms with Crippen molar-refractivity contribution in [1.29, 1.82) is 0 Å². The van der Waals surface area contributed by atoms with Crippen molar-refractivity contribution in [3.05, 3.63) is 0 Å². The molecule has 1 N–H and O–H groups in total. The van der Waals surface area contributed by atoms with Crippen molar-refractivity contribution in [2.75, 3.05) is 6.54 Å². The van der Waals surface area contributed by atoms with Crippen molar-refractivity contribution < 1.29 is 9.90 Å². The summed E-state index contributed by atoms with van der Waals surface area (Å²) in [5, 5.41) is 8.81. The van der Waals surface area contributed by atoms with Crippen LogP contribution in [0.15, 0.2) is 0 Å². The molecule has 0 aromatic carbocycles. The Labute approximate surface area is 92.5 Å². The van der Waals surface area contributed by atoms with Crippen molar-refractivity contribution >= 4 is 5.97 Å². The Bertz CT molecular complexity index is 212. The number of rotatable bonds is 6. The summed E-state index contributed by atoms with van der Waals surface area (Å²) < 4.78 is 0. The van der Waals surface area contributed by atoms with Crippen LogP contribution in [0.3, 0.4) is 0 Å². The smallest absolute Gasteiger partial charge is 0.304 e. The monoisotopic (exact) mass is 213 g/mol. The van der Waals surface area contributed by atoms with E-state index in [1.54, 1.807) is 0 Å². The fourth-order valence-corrected chi connectivity index (χ4v) is 2.20. The third kappa shape index (κ3) is 3.82. The molecular formula is C12H23NO2. The molecule has 0 aromatic heterocycles. The number of carboxylic acids is 1. The Hall–Kier alpha value is -0.570. The maximum absolute atomic E-state index is 10.7. The first kappa shape index (κ1) is 12.5. The lowest BCUT2D eigenvalue weighted by atomic mass is 9.89. The molecule has 3 nitrogen and oxygen atoms in total. The minimum absolute atomic E-state index is 0.176. The normalized spacial score (nSPS) is 19.3. The molecule has 1 unspecified atom stereocenters. The highest BCUT2D eigenvalue weighted by molar-refractivity contribution is 5.67. The van der Waals surface area contributed by atoms with Gasteiger partial charge < -0.3 is 5.11 Å². The highest BCUT2D eigenvalue weighted by Gasteiger charge is 2.29. The highest BCUT2D eigenvalue weighted by Crippen LogP contribution is 2.27. The quantitative estimate of drug-likeness (QED) is 0.736. The van der Waals surface area contributed by atoms with Crippen molar-refractivity contribution in [1.82, 2.24) is 4.90 Å². The maximum Gasteiger partial charge on any atom is 0.304 e. The maximum atomic E-state index is 10.7. The number of carboxylic acid groups (broad SMARTS) is 1. The Balaban J connectivity index is 2.49. The molecule has 88 valence electrons. The second kappa shape index (κ2) is 5.50. The van der Waals surface area contributed by atoms with E-state index >= 15 is 0 Å². The molecule has 1 saturated carbocycles. The fraction of sp³-hybridized carbons (Fsp3) is 0.917. The lowest BCUT2D eigenvalue weighted by Crippen LogP contribution is -2.47. The predicted octanol–water partition coefficient (Wildman–Crippen LogP) is 2.36. The van der Waals surface area contributed by atoms with Gasteiger partial charge in [0.25, 0.3) is 0 Å². The van der Waals surface area contributed by atoms with Crippen LogP contribution in [0, 0.1) is 5.92 Å². The summed E-state index contributed by atoms with van der Waals surface area (Å²) in [5.74, 6) is -0.0718. The topological polar surface area (TPSA) is 40.5 Å². The largest absolute Gasteiger partial charge is 0.481 e. The summed E-state index contributed by atoms with van der Waals surface area (Å²) in [5.41, 5.74) is 0. The van der Waals surface area contributed by atoms with E-state index in [1.165, 1.54) is 19.3 Å². The highest BCUT2D eigenvalue weighted by atomic mass is 16.4. The molecular weight excluding hydrogens is 190 g/mol. The van der Waals surface area contributed by atoms with E-state index in [0.717, 1.165) is 6.54 Å². The second-order valence-electron chi connectivity index (χ2n) is 5.12. The van der Waals surface area contributed by atoms with E-state index in [9.17, 15) is 4.79 Å². The zero-order valence-corrected chi connectivity index (χ0v) is 10.1. The minimum atomic E-state index is -0.685. The van der Waals surface area contributed by atoms with Crippen LogP contribution in [0.2, 0.25) is 0 Å². The SMILES string of the molecule is CC(C)CN(C(C)CC(=O)O)C1CCC1. The van der Waals surface area contributed by atoms with Gasteiger partial charge in [-0.1, -0.05) is 20.3 Å². The Morgan fingerprint density at radius 3 is 2.33 bits per heavy atom. The molecule has 1 fully saturated rings. The Morgan fingerprint density at radius 1 is 1.40 bits per heavy atom. The van der Waals surface area contributed by atoms with Gasteiger partial charge in [0, 0.05) is 18.6 Å². The molecule has 1 aliphatic carbocycles. The van der Waals surface area contributed by atoms with Crippen molar-refractivity contribution in [2.45, 2.75) is 58.5 Å². The van der Waals surface area contributed by atoms with Crippen LogP contribution in [0.25, 0.3) is 0 Å². The van der Waals surface area contributed by atoms with Gasteiger partial charge >= 0.3 is 5.97 Å². The first-order chi connectivity index (χ1) is 7.00. The van der Waals surface area contributed by atoms with Crippen LogP contribution in [0.4, 0.5) is 0 Å². The first-order valence-electron chi connectivity index (χ1n) is 5.98. The van der Waals surface area contributed by atoms with Gasteiger partial charge in [-0.15, -0.1) is 0 Å². The molecule has 0 aromatic rings. The molecule has 0 bridgehead atoms. The molecule has 0 heterocycles. The van der Waals surface area contributed by atoms with Crippen LogP contribution in [-0.4, -0.2) is 34.6 Å². The van der Waals surface area contributed by atoms with E-state index in [2.05, 4.69) is 18.7 Å². The number of carbonyl (C=O) groups is 1. The minimum Gasteiger partial charge on any atom is -0.481 e.